The third-order valence-electron chi connectivity index (χ3n) is 2.16. The van der Waals surface area contributed by atoms with E-state index in [9.17, 15) is 8.42 Å². The van der Waals surface area contributed by atoms with Gasteiger partial charge in [0.15, 0.2) is 5.03 Å². The molecule has 86 valence electrons. The molecule has 16 heavy (non-hydrogen) atoms. The molecule has 0 saturated carbocycles. The van der Waals surface area contributed by atoms with E-state index < -0.39 is 10.0 Å². The lowest BCUT2D eigenvalue weighted by atomic mass is 10.3. The van der Waals surface area contributed by atoms with Crippen LogP contribution in [-0.2, 0) is 16.4 Å². The van der Waals surface area contributed by atoms with Gasteiger partial charge in [-0.15, -0.1) is 0 Å². The summed E-state index contributed by atoms with van der Waals surface area (Å²) in [4.78, 5) is 10.3. The summed E-state index contributed by atoms with van der Waals surface area (Å²) in [5.74, 6) is 0.539. The molecule has 0 radical (unpaired) electrons. The highest BCUT2D eigenvalue weighted by Gasteiger charge is 2.20. The summed E-state index contributed by atoms with van der Waals surface area (Å²) >= 11 is 0. The Labute approximate surface area is 93.4 Å². The average molecular weight is 240 g/mol. The van der Waals surface area contributed by atoms with Crippen molar-refractivity contribution in [1.82, 2.24) is 18.9 Å². The SMILES string of the molecule is CCCc1nccn1S(=O)(=O)c1cnc[nH]1. The van der Waals surface area contributed by atoms with Crippen molar-refractivity contribution in [3.8, 4) is 0 Å². The first-order valence-electron chi connectivity index (χ1n) is 4.92. The Kier molecular flexibility index (Phi) is 2.78. The minimum absolute atomic E-state index is 0.0721. The van der Waals surface area contributed by atoms with E-state index >= 15 is 0 Å². The van der Waals surface area contributed by atoms with Crippen molar-refractivity contribution in [3.63, 3.8) is 0 Å². The monoisotopic (exact) mass is 240 g/mol. The smallest absolute Gasteiger partial charge is 0.286 e. The number of nitrogens with zero attached hydrogens (tertiary/aromatic N) is 3. The molecule has 0 aliphatic rings. The van der Waals surface area contributed by atoms with Crippen LogP contribution < -0.4 is 0 Å². The lowest BCUT2D eigenvalue weighted by Crippen LogP contribution is -2.15. The largest absolute Gasteiger partial charge is 0.334 e. The Hall–Kier alpha value is -1.63. The molecule has 2 aromatic heterocycles. The van der Waals surface area contributed by atoms with Crippen molar-refractivity contribution in [2.24, 2.45) is 0 Å². The minimum atomic E-state index is -3.57. The maximum atomic E-state index is 12.1. The van der Waals surface area contributed by atoms with E-state index in [4.69, 9.17) is 0 Å². The molecule has 2 heterocycles. The van der Waals surface area contributed by atoms with Crippen LogP contribution in [-0.4, -0.2) is 27.3 Å². The molecule has 6 nitrogen and oxygen atoms in total. The molecule has 7 heteroatoms. The molecular formula is C9H12N4O2S. The highest BCUT2D eigenvalue weighted by molar-refractivity contribution is 7.89. The molecule has 0 saturated heterocycles. The molecule has 0 fully saturated rings. The van der Waals surface area contributed by atoms with Crippen molar-refractivity contribution in [2.75, 3.05) is 0 Å². The lowest BCUT2D eigenvalue weighted by molar-refractivity contribution is 0.580. The van der Waals surface area contributed by atoms with Crippen LogP contribution in [0.25, 0.3) is 0 Å². The maximum Gasteiger partial charge on any atom is 0.286 e. The van der Waals surface area contributed by atoms with Crippen LogP contribution >= 0.6 is 0 Å². The molecule has 0 bridgehead atoms. The molecule has 0 aromatic carbocycles. The summed E-state index contributed by atoms with van der Waals surface area (Å²) in [6.45, 7) is 1.97. The normalized spacial score (nSPS) is 11.8. The van der Waals surface area contributed by atoms with Crippen molar-refractivity contribution >= 4 is 10.0 Å². The van der Waals surface area contributed by atoms with E-state index in [-0.39, 0.29) is 5.03 Å². The summed E-state index contributed by atoms with van der Waals surface area (Å²) in [5.41, 5.74) is 0. The number of aromatic nitrogens is 4. The fraction of sp³-hybridized carbons (Fsp3) is 0.333. The number of hydrogen-bond acceptors (Lipinski definition) is 4. The van der Waals surface area contributed by atoms with Gasteiger partial charge in [-0.3, -0.25) is 0 Å². The van der Waals surface area contributed by atoms with Gasteiger partial charge in [0, 0.05) is 18.8 Å². The Morgan fingerprint density at radius 2 is 2.31 bits per heavy atom. The molecule has 1 N–H and O–H groups in total. The zero-order chi connectivity index (χ0) is 11.6. The van der Waals surface area contributed by atoms with Crippen LogP contribution in [0.4, 0.5) is 0 Å². The molecule has 0 unspecified atom stereocenters. The van der Waals surface area contributed by atoms with Gasteiger partial charge in [0.25, 0.3) is 10.0 Å². The number of hydrogen-bond donors (Lipinski definition) is 1. The zero-order valence-corrected chi connectivity index (χ0v) is 9.61. The van der Waals surface area contributed by atoms with E-state index in [0.29, 0.717) is 12.2 Å². The maximum absolute atomic E-state index is 12.1. The number of H-pyrrole nitrogens is 1. The third-order valence-corrected chi connectivity index (χ3v) is 3.79. The number of aromatic amines is 1. The fourth-order valence-electron chi connectivity index (χ4n) is 1.43. The van der Waals surface area contributed by atoms with Crippen molar-refractivity contribution < 1.29 is 8.42 Å². The van der Waals surface area contributed by atoms with Crippen LogP contribution in [0.15, 0.2) is 29.9 Å². The van der Waals surface area contributed by atoms with Gasteiger partial charge in [0.1, 0.15) is 5.82 Å². The Morgan fingerprint density at radius 3 is 2.94 bits per heavy atom. The van der Waals surface area contributed by atoms with E-state index in [1.54, 1.807) is 0 Å². The van der Waals surface area contributed by atoms with Gasteiger partial charge in [0.2, 0.25) is 0 Å². The van der Waals surface area contributed by atoms with E-state index in [0.717, 1.165) is 6.42 Å². The first kappa shape index (κ1) is 10.9. The van der Waals surface area contributed by atoms with Crippen LogP contribution in [0.2, 0.25) is 0 Å². The Morgan fingerprint density at radius 1 is 1.50 bits per heavy atom. The fourth-order valence-corrected chi connectivity index (χ4v) is 2.67. The quantitative estimate of drug-likeness (QED) is 0.857. The van der Waals surface area contributed by atoms with E-state index in [1.807, 2.05) is 6.92 Å². The standard InChI is InChI=1S/C9H12N4O2S/c1-2-3-8-11-4-5-13(8)16(14,15)9-6-10-7-12-9/h4-7H,2-3H2,1H3,(H,10,12). The first-order chi connectivity index (χ1) is 7.66. The second-order valence-electron chi connectivity index (χ2n) is 3.31. The predicted molar refractivity (Wildman–Crippen MR) is 57.4 cm³/mol. The molecule has 0 atom stereocenters. The second kappa shape index (κ2) is 4.09. The van der Waals surface area contributed by atoms with Crippen LogP contribution in [0.5, 0.6) is 0 Å². The van der Waals surface area contributed by atoms with Gasteiger partial charge in [-0.1, -0.05) is 6.92 Å². The van der Waals surface area contributed by atoms with Crippen LogP contribution in [0.1, 0.15) is 19.2 Å². The topological polar surface area (TPSA) is 80.6 Å². The Balaban J connectivity index is 2.48. The molecule has 2 rings (SSSR count). The molecule has 0 aliphatic carbocycles. The molecule has 0 spiro atoms. The Bertz CT molecular complexity index is 556. The highest BCUT2D eigenvalue weighted by atomic mass is 32.2. The van der Waals surface area contributed by atoms with Crippen LogP contribution in [0.3, 0.4) is 0 Å². The third kappa shape index (κ3) is 1.73. The molecule has 0 amide bonds. The van der Waals surface area contributed by atoms with Gasteiger partial charge >= 0.3 is 0 Å². The van der Waals surface area contributed by atoms with E-state index in [1.165, 1.54) is 28.9 Å². The number of rotatable bonds is 4. The van der Waals surface area contributed by atoms with Crippen molar-refractivity contribution in [1.29, 1.82) is 0 Å². The van der Waals surface area contributed by atoms with Gasteiger partial charge in [-0.2, -0.15) is 8.42 Å². The van der Waals surface area contributed by atoms with Crippen molar-refractivity contribution in [2.45, 2.75) is 24.8 Å². The summed E-state index contributed by atoms with van der Waals surface area (Å²) < 4.78 is 25.4. The van der Waals surface area contributed by atoms with Crippen LogP contribution in [0, 0.1) is 0 Å². The van der Waals surface area contributed by atoms with E-state index in [2.05, 4.69) is 15.0 Å². The van der Waals surface area contributed by atoms with Gasteiger partial charge in [-0.05, 0) is 6.42 Å². The van der Waals surface area contributed by atoms with Gasteiger partial charge in [0.05, 0.1) is 12.5 Å². The number of aryl methyl sites for hydroxylation is 1. The van der Waals surface area contributed by atoms with Gasteiger partial charge in [-0.25, -0.2) is 13.9 Å². The minimum Gasteiger partial charge on any atom is -0.334 e. The first-order valence-corrected chi connectivity index (χ1v) is 6.36. The molecule has 0 aliphatic heterocycles. The summed E-state index contributed by atoms with van der Waals surface area (Å²) in [6.07, 6.45) is 7.02. The summed E-state index contributed by atoms with van der Waals surface area (Å²) in [7, 11) is -3.57. The average Bonchev–Trinajstić information content (AvgIpc) is 2.88. The summed E-state index contributed by atoms with van der Waals surface area (Å²) in [5, 5.41) is 0.0721. The second-order valence-corrected chi connectivity index (χ2v) is 5.09. The number of imidazole rings is 2. The van der Waals surface area contributed by atoms with Gasteiger partial charge < -0.3 is 4.98 Å². The van der Waals surface area contributed by atoms with Crippen molar-refractivity contribution in [3.05, 3.63) is 30.7 Å². The highest BCUT2D eigenvalue weighted by Crippen LogP contribution is 2.12. The zero-order valence-electron chi connectivity index (χ0n) is 8.79. The molecule has 2 aromatic rings. The lowest BCUT2D eigenvalue weighted by Gasteiger charge is -2.06. The summed E-state index contributed by atoms with van der Waals surface area (Å²) in [6, 6.07) is 0. The predicted octanol–water partition coefficient (Wildman–Crippen LogP) is 0.796. The molecular weight excluding hydrogens is 228 g/mol. The number of nitrogens with one attached hydrogen (secondary N) is 1.